The van der Waals surface area contributed by atoms with Crippen LogP contribution in [0.5, 0.6) is 0 Å². The minimum absolute atomic E-state index is 0.709. The predicted octanol–water partition coefficient (Wildman–Crippen LogP) is 4.36. The third kappa shape index (κ3) is 3.95. The van der Waals surface area contributed by atoms with Gasteiger partial charge >= 0.3 is 0 Å². The summed E-state index contributed by atoms with van der Waals surface area (Å²) < 4.78 is 0. The van der Waals surface area contributed by atoms with Gasteiger partial charge in [-0.15, -0.1) is 0 Å². The Bertz CT molecular complexity index is 218. The molecule has 0 fully saturated rings. The number of halogens is 1. The van der Waals surface area contributed by atoms with Crippen molar-refractivity contribution in [1.29, 1.82) is 0 Å². The Kier molecular flexibility index (Phi) is 5.14. The average Bonchev–Trinajstić information content (AvgIpc) is 2.19. The maximum Gasteiger partial charge on any atom is 0.00313 e. The average molecular weight is 241 g/mol. The molecule has 0 N–H and O–H groups in total. The van der Waals surface area contributed by atoms with E-state index in [0.717, 1.165) is 5.33 Å². The highest BCUT2D eigenvalue weighted by Crippen LogP contribution is 2.20. The molecule has 0 amide bonds. The van der Waals surface area contributed by atoms with Crippen LogP contribution in [0, 0.1) is 0 Å². The second-order valence-corrected chi connectivity index (χ2v) is 4.29. The van der Waals surface area contributed by atoms with E-state index in [1.54, 1.807) is 0 Å². The first-order chi connectivity index (χ1) is 6.34. The number of hydrogen-bond acceptors (Lipinski definition) is 0. The summed E-state index contributed by atoms with van der Waals surface area (Å²) in [5, 5.41) is 1.13. The topological polar surface area (TPSA) is 0 Å². The monoisotopic (exact) mass is 240 g/mol. The van der Waals surface area contributed by atoms with Gasteiger partial charge in [0.2, 0.25) is 0 Å². The zero-order valence-electron chi connectivity index (χ0n) is 8.17. The van der Waals surface area contributed by atoms with Crippen molar-refractivity contribution in [2.24, 2.45) is 0 Å². The van der Waals surface area contributed by atoms with Gasteiger partial charge in [0.15, 0.2) is 0 Å². The molecule has 0 nitrogen and oxygen atoms in total. The lowest BCUT2D eigenvalue weighted by Crippen LogP contribution is -1.93. The summed E-state index contributed by atoms with van der Waals surface area (Å²) in [6.45, 7) is 2.31. The normalized spacial score (nSPS) is 12.8. The van der Waals surface area contributed by atoms with E-state index in [4.69, 9.17) is 0 Å². The molecule has 0 aliphatic heterocycles. The highest BCUT2D eigenvalue weighted by Gasteiger charge is 2.03. The standard InChI is InChI=1S/C12H17Br/c1-11(7-5-6-10-13)12-8-3-2-4-9-12/h2-4,8-9,11H,5-7,10H2,1H3/t11-/m1/s1. The highest BCUT2D eigenvalue weighted by atomic mass is 79.9. The highest BCUT2D eigenvalue weighted by molar-refractivity contribution is 9.09. The third-order valence-corrected chi connectivity index (χ3v) is 2.95. The SMILES string of the molecule is C[C@H](CCCCBr)c1ccccc1. The molecule has 1 rings (SSSR count). The second kappa shape index (κ2) is 6.20. The quantitative estimate of drug-likeness (QED) is 0.531. The Morgan fingerprint density at radius 2 is 1.85 bits per heavy atom. The van der Waals surface area contributed by atoms with Crippen LogP contribution in [0.2, 0.25) is 0 Å². The van der Waals surface area contributed by atoms with E-state index in [9.17, 15) is 0 Å². The van der Waals surface area contributed by atoms with Crippen molar-refractivity contribution in [3.63, 3.8) is 0 Å². The fraction of sp³-hybridized carbons (Fsp3) is 0.500. The van der Waals surface area contributed by atoms with E-state index in [2.05, 4.69) is 53.2 Å². The molecule has 0 spiro atoms. The maximum atomic E-state index is 3.46. The maximum absolute atomic E-state index is 3.46. The molecule has 1 aromatic carbocycles. The molecule has 72 valence electrons. The molecule has 0 saturated carbocycles. The van der Waals surface area contributed by atoms with Gasteiger partial charge in [-0.25, -0.2) is 0 Å². The molecule has 0 heterocycles. The largest absolute Gasteiger partial charge is 0.0928 e. The van der Waals surface area contributed by atoms with Gasteiger partial charge in [0, 0.05) is 5.33 Å². The van der Waals surface area contributed by atoms with Crippen molar-refractivity contribution < 1.29 is 0 Å². The van der Waals surface area contributed by atoms with E-state index in [1.165, 1.54) is 24.8 Å². The van der Waals surface area contributed by atoms with E-state index in [1.807, 2.05) is 0 Å². The summed E-state index contributed by atoms with van der Waals surface area (Å²) in [6, 6.07) is 10.8. The Hall–Kier alpha value is -0.300. The van der Waals surface area contributed by atoms with E-state index in [-0.39, 0.29) is 0 Å². The number of alkyl halides is 1. The van der Waals surface area contributed by atoms with Gasteiger partial charge in [-0.05, 0) is 24.3 Å². The molecular weight excluding hydrogens is 224 g/mol. The van der Waals surface area contributed by atoms with Crippen molar-refractivity contribution >= 4 is 15.9 Å². The van der Waals surface area contributed by atoms with Crippen LogP contribution in [0.3, 0.4) is 0 Å². The van der Waals surface area contributed by atoms with Crippen LogP contribution >= 0.6 is 15.9 Å². The molecule has 0 radical (unpaired) electrons. The van der Waals surface area contributed by atoms with E-state index >= 15 is 0 Å². The first-order valence-corrected chi connectivity index (χ1v) is 6.07. The van der Waals surface area contributed by atoms with Gasteiger partial charge in [-0.3, -0.25) is 0 Å². The summed E-state index contributed by atoms with van der Waals surface area (Å²) in [7, 11) is 0. The fourth-order valence-electron chi connectivity index (χ4n) is 1.49. The zero-order chi connectivity index (χ0) is 9.52. The van der Waals surface area contributed by atoms with Gasteiger partial charge in [-0.1, -0.05) is 59.6 Å². The molecule has 0 aromatic heterocycles. The van der Waals surface area contributed by atoms with Gasteiger partial charge < -0.3 is 0 Å². The van der Waals surface area contributed by atoms with Crippen molar-refractivity contribution in [2.45, 2.75) is 32.1 Å². The smallest absolute Gasteiger partial charge is 0.00313 e. The molecule has 0 unspecified atom stereocenters. The lowest BCUT2D eigenvalue weighted by atomic mass is 9.96. The summed E-state index contributed by atoms with van der Waals surface area (Å²) in [6.07, 6.45) is 3.91. The lowest BCUT2D eigenvalue weighted by Gasteiger charge is -2.10. The van der Waals surface area contributed by atoms with Gasteiger partial charge in [-0.2, -0.15) is 0 Å². The van der Waals surface area contributed by atoms with Crippen LogP contribution in [0.15, 0.2) is 30.3 Å². The fourth-order valence-corrected chi connectivity index (χ4v) is 1.89. The summed E-state index contributed by atoms with van der Waals surface area (Å²) in [5.41, 5.74) is 1.47. The summed E-state index contributed by atoms with van der Waals surface area (Å²) in [5.74, 6) is 0.709. The van der Waals surface area contributed by atoms with Crippen LogP contribution in [0.1, 0.15) is 37.7 Å². The Labute approximate surface area is 89.5 Å². The van der Waals surface area contributed by atoms with Crippen LogP contribution in [-0.2, 0) is 0 Å². The van der Waals surface area contributed by atoms with Gasteiger partial charge in [0.05, 0.1) is 0 Å². The predicted molar refractivity (Wildman–Crippen MR) is 62.5 cm³/mol. The number of hydrogen-bond donors (Lipinski definition) is 0. The molecule has 0 aliphatic carbocycles. The zero-order valence-corrected chi connectivity index (χ0v) is 9.76. The molecule has 0 saturated heterocycles. The van der Waals surface area contributed by atoms with Crippen LogP contribution in [-0.4, -0.2) is 5.33 Å². The molecule has 13 heavy (non-hydrogen) atoms. The minimum Gasteiger partial charge on any atom is -0.0928 e. The molecule has 1 atom stereocenters. The Morgan fingerprint density at radius 1 is 1.15 bits per heavy atom. The lowest BCUT2D eigenvalue weighted by molar-refractivity contribution is 0.628. The minimum atomic E-state index is 0.709. The van der Waals surface area contributed by atoms with Crippen LogP contribution < -0.4 is 0 Å². The molecule has 0 bridgehead atoms. The molecule has 1 aromatic rings. The third-order valence-electron chi connectivity index (χ3n) is 2.39. The van der Waals surface area contributed by atoms with Crippen LogP contribution in [0.25, 0.3) is 0 Å². The Morgan fingerprint density at radius 3 is 2.46 bits per heavy atom. The van der Waals surface area contributed by atoms with Crippen LogP contribution in [0.4, 0.5) is 0 Å². The number of unbranched alkanes of at least 4 members (excludes halogenated alkanes) is 1. The summed E-state index contributed by atoms with van der Waals surface area (Å²) in [4.78, 5) is 0. The van der Waals surface area contributed by atoms with E-state index < -0.39 is 0 Å². The van der Waals surface area contributed by atoms with E-state index in [0.29, 0.717) is 5.92 Å². The van der Waals surface area contributed by atoms with Crippen molar-refractivity contribution in [1.82, 2.24) is 0 Å². The Balaban J connectivity index is 2.35. The number of rotatable bonds is 5. The van der Waals surface area contributed by atoms with Gasteiger partial charge in [0.25, 0.3) is 0 Å². The first-order valence-electron chi connectivity index (χ1n) is 4.95. The molecule has 1 heteroatoms. The molecular formula is C12H17Br. The van der Waals surface area contributed by atoms with Crippen molar-refractivity contribution in [2.75, 3.05) is 5.33 Å². The summed E-state index contributed by atoms with van der Waals surface area (Å²) >= 11 is 3.46. The second-order valence-electron chi connectivity index (χ2n) is 3.50. The van der Waals surface area contributed by atoms with Crippen molar-refractivity contribution in [3.8, 4) is 0 Å². The molecule has 0 aliphatic rings. The number of benzene rings is 1. The first kappa shape index (κ1) is 10.8. The van der Waals surface area contributed by atoms with Crippen molar-refractivity contribution in [3.05, 3.63) is 35.9 Å². The van der Waals surface area contributed by atoms with Gasteiger partial charge in [0.1, 0.15) is 0 Å².